The van der Waals surface area contributed by atoms with Gasteiger partial charge in [-0.25, -0.2) is 72.7 Å². The summed E-state index contributed by atoms with van der Waals surface area (Å²) >= 11 is 0. The molecule has 15 aromatic rings. The molecule has 0 aliphatic heterocycles. The van der Waals surface area contributed by atoms with Crippen molar-refractivity contribution in [3.05, 3.63) is 332 Å². The molecule has 5 aromatic carbocycles. The van der Waals surface area contributed by atoms with E-state index < -0.39 is 44.1 Å². The van der Waals surface area contributed by atoms with Gasteiger partial charge in [0.05, 0.1) is 5.69 Å². The zero-order valence-corrected chi connectivity index (χ0v) is 67.9. The fourth-order valence-corrected chi connectivity index (χ4v) is 12.7. The molecule has 0 spiro atoms. The van der Waals surface area contributed by atoms with E-state index in [2.05, 4.69) is 230 Å². The monoisotopic (exact) mass is 1520 g/mol. The molecule has 0 bridgehead atoms. The molecular weight excluding hydrogens is 1400 g/mol. The van der Waals surface area contributed by atoms with Crippen LogP contribution in [0.4, 0.5) is 0 Å². The Morgan fingerprint density at radius 2 is 0.614 bits per heavy atom. The predicted molar refractivity (Wildman–Crippen MR) is 459 cm³/mol. The predicted octanol–water partition coefficient (Wildman–Crippen LogP) is 19.1. The van der Waals surface area contributed by atoms with Crippen molar-refractivity contribution in [1.29, 1.82) is 0 Å². The molecule has 0 fully saturated rings. The molecule has 0 aliphatic rings. The van der Waals surface area contributed by atoms with Crippen molar-refractivity contribution in [2.75, 3.05) is 0 Å². The van der Waals surface area contributed by atoms with Crippen molar-refractivity contribution in [3.63, 3.8) is 0 Å². The molecule has 0 saturated carbocycles. The van der Waals surface area contributed by atoms with Crippen molar-refractivity contribution >= 4 is 0 Å². The van der Waals surface area contributed by atoms with Gasteiger partial charge in [-0.3, -0.25) is 0 Å². The van der Waals surface area contributed by atoms with Gasteiger partial charge in [0, 0.05) is 215 Å². The van der Waals surface area contributed by atoms with Crippen LogP contribution in [0.3, 0.4) is 0 Å². The number of hydrogen-bond acceptors (Lipinski definition) is 10. The van der Waals surface area contributed by atoms with Crippen molar-refractivity contribution in [2.24, 2.45) is 47.0 Å². The van der Waals surface area contributed by atoms with Gasteiger partial charge in [-0.2, -0.15) is 0 Å². The number of rotatable bonds is 16. The van der Waals surface area contributed by atoms with Gasteiger partial charge in [0.25, 0.3) is 0 Å². The Hall–Kier alpha value is -12.8. The molecule has 0 amide bonds. The van der Waals surface area contributed by atoms with Gasteiger partial charge in [0.15, 0.2) is 31.0 Å². The van der Waals surface area contributed by atoms with Crippen molar-refractivity contribution in [3.8, 4) is 112 Å². The highest BCUT2D eigenvalue weighted by Gasteiger charge is 2.21. The molecule has 15 nitrogen and oxygen atoms in total. The van der Waals surface area contributed by atoms with Gasteiger partial charge in [-0.1, -0.05) is 139 Å². The number of pyridine rings is 5. The first-order valence-corrected chi connectivity index (χ1v) is 37.7. The van der Waals surface area contributed by atoms with Gasteiger partial charge < -0.3 is 0 Å². The lowest BCUT2D eigenvalue weighted by atomic mass is 10.0. The maximum Gasteiger partial charge on any atom is 0.213 e. The van der Waals surface area contributed by atoms with E-state index in [0.29, 0.717) is 11.5 Å². The molecule has 10 heterocycles. The minimum atomic E-state index is -2.49. The second-order valence-electron chi connectivity index (χ2n) is 28.4. The largest absolute Gasteiger partial charge is 0.241 e. The van der Waals surface area contributed by atoms with Crippen LogP contribution < -0.4 is 22.8 Å². The maximum absolute atomic E-state index is 8.27. The Labute approximate surface area is 693 Å². The van der Waals surface area contributed by atoms with Crippen LogP contribution in [0, 0.1) is 53.3 Å². The first-order valence-electron chi connectivity index (χ1n) is 44.2. The third-order valence-electron chi connectivity index (χ3n) is 19.1. The molecule has 0 saturated heterocycles. The molecule has 114 heavy (non-hydrogen) atoms. The lowest BCUT2D eigenvalue weighted by Crippen LogP contribution is -2.30. The minimum Gasteiger partial charge on any atom is -0.241 e. The Bertz CT molecular complexity index is 6190. The topological polar surface area (TPSA) is 148 Å². The average molecular weight is 1520 g/mol. The van der Waals surface area contributed by atoms with Crippen LogP contribution in [0.25, 0.3) is 112 Å². The number of aromatic nitrogens is 15. The molecule has 15 rings (SSSR count). The zero-order valence-electron chi connectivity index (χ0n) is 80.9. The Kier molecular flexibility index (Phi) is 22.5. The highest BCUT2D eigenvalue weighted by Crippen LogP contribution is 2.31. The summed E-state index contributed by atoms with van der Waals surface area (Å²) in [6.45, 7) is 15.2. The van der Waals surface area contributed by atoms with E-state index in [1.807, 2.05) is 145 Å². The van der Waals surface area contributed by atoms with E-state index in [0.717, 1.165) is 95.4 Å². The summed E-state index contributed by atoms with van der Waals surface area (Å²) in [6, 6.07) is 63.6. The molecule has 15 heteroatoms. The Balaban J connectivity index is 0.000000154. The molecular formula is C99H108N15+5. The van der Waals surface area contributed by atoms with E-state index in [1.165, 1.54) is 79.3 Å². The van der Waals surface area contributed by atoms with E-state index >= 15 is 0 Å². The standard InChI is InChI=1S/2C21H24N3.C20H22N3.C19H20N3.C18H18N3/c1-15(2)13-21-22-11-9-19(23-21)17-10-12-24(4)20(14-17)18-8-6-5-7-16(18)3;1-15(2)11-21-22-13-18(14-23-21)17-9-10-24(4)20(12-17)19-8-6-5-7-16(19)3;1-14(2)20-21-12-17(13-22-20)16-9-10-23(4)19(11-16)18-8-6-5-7-15(18)3;1-4-19-20-12-16(13-21-19)15-9-10-22(3)18(11-15)17-8-6-5-7-14(17)2;1-13-6-4-5-7-17(13)18-10-15(8-9-21(18)3)16-11-19-14(2)20-12-16/h5-12,14-15H,13H2,1-4H3;5-10,12-15H,11H2,1-4H3;5-14H,1-4H3;5-13H,4H2,1-3H3;4-12H,1-3H3/q5*+1/i13D2,15D;11D2,15D;1D3,14D;1D3;. The fraction of sp³-hybridized carbons (Fsp3) is 0.242. The first kappa shape index (κ1) is 65.9. The molecule has 0 aliphatic carbocycles. The highest BCUT2D eigenvalue weighted by atomic mass is 15.0. The van der Waals surface area contributed by atoms with Crippen LogP contribution in [0.2, 0.25) is 0 Å². The molecule has 10 aromatic heterocycles. The third-order valence-corrected chi connectivity index (χ3v) is 19.1. The van der Waals surface area contributed by atoms with Crippen LogP contribution in [0.15, 0.2) is 275 Å². The summed E-state index contributed by atoms with van der Waals surface area (Å²) in [5.74, 6) is -3.33. The zero-order chi connectivity index (χ0) is 92.3. The smallest absolute Gasteiger partial charge is 0.213 e. The van der Waals surface area contributed by atoms with Crippen LogP contribution in [0.1, 0.15) is 129 Å². The normalized spacial score (nSPS) is 13.7. The van der Waals surface area contributed by atoms with Crippen molar-refractivity contribution in [2.45, 2.75) is 115 Å². The highest BCUT2D eigenvalue weighted by molar-refractivity contribution is 5.74. The fourth-order valence-electron chi connectivity index (χ4n) is 12.7. The van der Waals surface area contributed by atoms with Gasteiger partial charge in [-0.05, 0) is 140 Å². The van der Waals surface area contributed by atoms with Gasteiger partial charge >= 0.3 is 0 Å². The Morgan fingerprint density at radius 1 is 0.325 bits per heavy atom. The van der Waals surface area contributed by atoms with E-state index in [-0.39, 0.29) is 23.9 Å². The van der Waals surface area contributed by atoms with Crippen LogP contribution >= 0.6 is 0 Å². The van der Waals surface area contributed by atoms with Gasteiger partial charge in [-0.15, -0.1) is 0 Å². The summed E-state index contributed by atoms with van der Waals surface area (Å²) in [7, 11) is 10.1. The lowest BCUT2D eigenvalue weighted by Gasteiger charge is -2.08. The maximum atomic E-state index is 8.27. The second kappa shape index (κ2) is 38.9. The van der Waals surface area contributed by atoms with E-state index in [4.69, 9.17) is 17.8 Å². The molecule has 574 valence electrons. The van der Waals surface area contributed by atoms with E-state index in [9.17, 15) is 0 Å². The summed E-state index contributed by atoms with van der Waals surface area (Å²) in [6.07, 6.45) is 21.1. The van der Waals surface area contributed by atoms with Crippen molar-refractivity contribution in [1.82, 2.24) is 49.8 Å². The Morgan fingerprint density at radius 3 is 0.930 bits per heavy atom. The van der Waals surface area contributed by atoms with Crippen molar-refractivity contribution < 1.29 is 40.7 Å². The lowest BCUT2D eigenvalue weighted by molar-refractivity contribution is -0.660. The summed E-state index contributed by atoms with van der Waals surface area (Å²) in [5.41, 5.74) is 26.4. The average Bonchev–Trinajstić information content (AvgIpc) is 0.774. The second-order valence-corrected chi connectivity index (χ2v) is 28.4. The van der Waals surface area contributed by atoms with Gasteiger partial charge in [0.1, 0.15) is 64.4 Å². The SMILES string of the molecule is Cc1ncc(-c2cc[n+](C)c(-c3ccccc3C)c2)cn1.[2H]C(C)(C)C([2H])([2H])c1ncc(-c2cc[n+](C)c(-c3ccccc3C)c2)cn1.[2H]C(C)(C)C([2H])([2H])c1nccc(-c2cc[n+](C)c(-c3ccccc3C)c2)n1.[2H]C([2H])([2H])C([2H])(C)c1ncc(-c2cc[n+](C)c(-c3ccccc3C)c2)cn1.[2H]C([2H])([2H])Cc1ncc(-c2cc[n+](C)c(-c3ccccc3C)c2)cn1. The molecule has 1 unspecified atom stereocenters. The third kappa shape index (κ3) is 21.5. The van der Waals surface area contributed by atoms with Crippen LogP contribution in [-0.4, -0.2) is 49.8 Å². The van der Waals surface area contributed by atoms with Crippen LogP contribution in [0.5, 0.6) is 0 Å². The molecule has 0 radical (unpaired) electrons. The number of aryl methyl sites for hydroxylation is 12. The first-order chi connectivity index (χ1) is 59.8. The van der Waals surface area contributed by atoms with E-state index in [1.54, 1.807) is 49.4 Å². The quantitative estimate of drug-likeness (QED) is 0.0856. The van der Waals surface area contributed by atoms with Crippen LogP contribution in [-0.2, 0) is 54.4 Å². The number of nitrogens with zero attached hydrogens (tertiary/aromatic N) is 15. The molecule has 1 atom stereocenters. The summed E-state index contributed by atoms with van der Waals surface area (Å²) < 4.78 is 112. The minimum absolute atomic E-state index is 0.00753. The van der Waals surface area contributed by atoms with Gasteiger partial charge in [0.2, 0.25) is 28.5 Å². The summed E-state index contributed by atoms with van der Waals surface area (Å²) in [4.78, 5) is 42.3. The number of hydrogen-bond donors (Lipinski definition) is 0. The summed E-state index contributed by atoms with van der Waals surface area (Å²) in [5, 5.41) is 0. The number of benzene rings is 5. The molecule has 0 N–H and O–H groups in total.